The van der Waals surface area contributed by atoms with Crippen molar-refractivity contribution in [3.8, 4) is 0 Å². The van der Waals surface area contributed by atoms with E-state index in [1.54, 1.807) is 26.0 Å². The van der Waals surface area contributed by atoms with E-state index in [2.05, 4.69) is 10.6 Å². The minimum absolute atomic E-state index is 0.0501. The maximum Gasteiger partial charge on any atom is 0.269 e. The van der Waals surface area contributed by atoms with E-state index in [4.69, 9.17) is 4.74 Å². The van der Waals surface area contributed by atoms with E-state index in [1.165, 1.54) is 24.3 Å². The molecule has 1 unspecified atom stereocenters. The number of carbonyl (C=O) groups is 2. The second kappa shape index (κ2) is 9.58. The van der Waals surface area contributed by atoms with E-state index in [9.17, 15) is 19.7 Å². The number of carbonyl (C=O) groups excluding carboxylic acids is 2. The Morgan fingerprint density at radius 2 is 1.96 bits per heavy atom. The highest BCUT2D eigenvalue weighted by Crippen LogP contribution is 2.15. The van der Waals surface area contributed by atoms with Crippen LogP contribution in [0.3, 0.4) is 0 Å². The highest BCUT2D eigenvalue weighted by atomic mass is 16.6. The van der Waals surface area contributed by atoms with Crippen LogP contribution in [0.2, 0.25) is 0 Å². The van der Waals surface area contributed by atoms with Gasteiger partial charge in [-0.05, 0) is 26.1 Å². The Bertz CT molecular complexity index is 576. The summed E-state index contributed by atoms with van der Waals surface area (Å²) in [6, 6.07) is 4.99. The normalized spacial score (nSPS) is 11.8. The number of hydrogen-bond donors (Lipinski definition) is 2. The molecule has 9 nitrogen and oxygen atoms in total. The number of nitro groups is 1. The Balaban J connectivity index is 2.50. The second-order valence-electron chi connectivity index (χ2n) is 5.23. The third kappa shape index (κ3) is 6.31. The lowest BCUT2D eigenvalue weighted by Gasteiger charge is -2.23. The summed E-state index contributed by atoms with van der Waals surface area (Å²) < 4.78 is 4.84. The van der Waals surface area contributed by atoms with E-state index < -0.39 is 11.0 Å². The molecule has 0 saturated carbocycles. The van der Waals surface area contributed by atoms with Gasteiger partial charge in [-0.2, -0.15) is 0 Å². The number of likely N-dealkylation sites (N-methyl/N-ethyl adjacent to an activating group) is 1. The molecule has 0 radical (unpaired) electrons. The highest BCUT2D eigenvalue weighted by Gasteiger charge is 2.20. The molecule has 1 rings (SSSR count). The molecular weight excluding hydrogens is 316 g/mol. The summed E-state index contributed by atoms with van der Waals surface area (Å²) in [5.41, 5.74) is 0.404. The number of amides is 2. The summed E-state index contributed by atoms with van der Waals surface area (Å²) >= 11 is 0. The third-order valence-electron chi connectivity index (χ3n) is 3.41. The molecule has 0 aliphatic rings. The Hall–Kier alpha value is -2.52. The van der Waals surface area contributed by atoms with Gasteiger partial charge in [-0.1, -0.05) is 0 Å². The number of rotatable bonds is 9. The quantitative estimate of drug-likeness (QED) is 0.387. The molecule has 0 aliphatic heterocycles. The van der Waals surface area contributed by atoms with Crippen molar-refractivity contribution in [1.29, 1.82) is 0 Å². The lowest BCUT2D eigenvalue weighted by atomic mass is 10.2. The van der Waals surface area contributed by atoms with Crippen LogP contribution in [-0.2, 0) is 14.3 Å². The van der Waals surface area contributed by atoms with E-state index >= 15 is 0 Å². The molecule has 0 aromatic heterocycles. The van der Waals surface area contributed by atoms with E-state index in [0.717, 1.165) is 0 Å². The van der Waals surface area contributed by atoms with Gasteiger partial charge < -0.3 is 15.4 Å². The van der Waals surface area contributed by atoms with Gasteiger partial charge in [0.2, 0.25) is 11.8 Å². The standard InChI is InChI=1S/C15H22N4O5/c1-11(18(2)10-14(20)16-8-9-24-3)15(21)17-12-4-6-13(7-5-12)19(22)23/h4-7,11H,8-10H2,1-3H3,(H,16,20)(H,17,21). The zero-order valence-corrected chi connectivity index (χ0v) is 13.9. The van der Waals surface area contributed by atoms with E-state index in [1.807, 2.05) is 0 Å². The monoisotopic (exact) mass is 338 g/mol. The van der Waals surface area contributed by atoms with Gasteiger partial charge in [0, 0.05) is 31.5 Å². The lowest BCUT2D eigenvalue weighted by molar-refractivity contribution is -0.384. The smallest absolute Gasteiger partial charge is 0.269 e. The number of nitro benzene ring substituents is 1. The highest BCUT2D eigenvalue weighted by molar-refractivity contribution is 5.95. The van der Waals surface area contributed by atoms with Crippen molar-refractivity contribution < 1.29 is 19.2 Å². The van der Waals surface area contributed by atoms with Crippen LogP contribution >= 0.6 is 0 Å². The molecule has 0 bridgehead atoms. The first-order valence-electron chi connectivity index (χ1n) is 7.36. The average Bonchev–Trinajstić information content (AvgIpc) is 2.54. The second-order valence-corrected chi connectivity index (χ2v) is 5.23. The van der Waals surface area contributed by atoms with Gasteiger partial charge in [-0.25, -0.2) is 0 Å². The zero-order valence-electron chi connectivity index (χ0n) is 13.9. The van der Waals surface area contributed by atoms with Crippen molar-refractivity contribution in [2.45, 2.75) is 13.0 Å². The van der Waals surface area contributed by atoms with Crippen molar-refractivity contribution in [3.05, 3.63) is 34.4 Å². The number of non-ortho nitro benzene ring substituents is 1. The number of nitrogens with zero attached hydrogens (tertiary/aromatic N) is 2. The van der Waals surface area contributed by atoms with Crippen LogP contribution in [0.25, 0.3) is 0 Å². The molecule has 1 aromatic carbocycles. The van der Waals surface area contributed by atoms with E-state index in [-0.39, 0.29) is 24.0 Å². The Kier molecular flexibility index (Phi) is 7.80. The number of ether oxygens (including phenoxy) is 1. The van der Waals surface area contributed by atoms with Crippen molar-refractivity contribution in [3.63, 3.8) is 0 Å². The van der Waals surface area contributed by atoms with Gasteiger partial charge in [0.25, 0.3) is 5.69 Å². The zero-order chi connectivity index (χ0) is 18.1. The molecule has 0 saturated heterocycles. The van der Waals surface area contributed by atoms with Crippen molar-refractivity contribution in [1.82, 2.24) is 10.2 Å². The minimum Gasteiger partial charge on any atom is -0.383 e. The summed E-state index contributed by atoms with van der Waals surface area (Å²) in [6.07, 6.45) is 0. The van der Waals surface area contributed by atoms with Crippen molar-refractivity contribution in [2.75, 3.05) is 39.2 Å². The molecule has 0 fully saturated rings. The van der Waals surface area contributed by atoms with Gasteiger partial charge in [-0.3, -0.25) is 24.6 Å². The van der Waals surface area contributed by atoms with Crippen LogP contribution in [0.1, 0.15) is 6.92 Å². The van der Waals surface area contributed by atoms with Gasteiger partial charge in [0.1, 0.15) is 0 Å². The number of hydrogen-bond acceptors (Lipinski definition) is 6. The summed E-state index contributed by atoms with van der Waals surface area (Å²) in [4.78, 5) is 35.6. The van der Waals surface area contributed by atoms with Crippen LogP contribution in [0.15, 0.2) is 24.3 Å². The summed E-state index contributed by atoms with van der Waals surface area (Å²) in [5.74, 6) is -0.513. The van der Waals surface area contributed by atoms with Gasteiger partial charge in [0.05, 0.1) is 24.1 Å². The summed E-state index contributed by atoms with van der Waals surface area (Å²) in [5, 5.41) is 15.9. The first-order valence-corrected chi connectivity index (χ1v) is 7.36. The van der Waals surface area contributed by atoms with Crippen LogP contribution in [0.5, 0.6) is 0 Å². The van der Waals surface area contributed by atoms with Crippen LogP contribution in [0, 0.1) is 10.1 Å². The fourth-order valence-corrected chi connectivity index (χ4v) is 1.83. The van der Waals surface area contributed by atoms with Gasteiger partial charge in [-0.15, -0.1) is 0 Å². The molecule has 2 amide bonds. The maximum atomic E-state index is 12.2. The summed E-state index contributed by atoms with van der Waals surface area (Å²) in [6.45, 7) is 2.57. The van der Waals surface area contributed by atoms with Gasteiger partial charge in [0.15, 0.2) is 0 Å². The Labute approximate surface area is 140 Å². The molecule has 1 atom stereocenters. The molecule has 2 N–H and O–H groups in total. The number of benzene rings is 1. The largest absolute Gasteiger partial charge is 0.383 e. The topological polar surface area (TPSA) is 114 Å². The molecule has 1 aromatic rings. The van der Waals surface area contributed by atoms with Crippen molar-refractivity contribution in [2.24, 2.45) is 0 Å². The van der Waals surface area contributed by atoms with Gasteiger partial charge >= 0.3 is 0 Å². The molecular formula is C15H22N4O5. The van der Waals surface area contributed by atoms with Crippen LogP contribution < -0.4 is 10.6 Å². The minimum atomic E-state index is -0.548. The first kappa shape index (κ1) is 19.5. The number of anilines is 1. The third-order valence-corrected chi connectivity index (χ3v) is 3.41. The van der Waals surface area contributed by atoms with Crippen molar-refractivity contribution >= 4 is 23.2 Å². The molecule has 0 aliphatic carbocycles. The number of methoxy groups -OCH3 is 1. The fourth-order valence-electron chi connectivity index (χ4n) is 1.83. The average molecular weight is 338 g/mol. The molecule has 0 spiro atoms. The van der Waals surface area contributed by atoms with Crippen LogP contribution in [-0.4, -0.2) is 61.5 Å². The molecule has 9 heteroatoms. The predicted octanol–water partition coefficient (Wildman–Crippen LogP) is 0.616. The lowest BCUT2D eigenvalue weighted by Crippen LogP contribution is -2.45. The molecule has 132 valence electrons. The fraction of sp³-hybridized carbons (Fsp3) is 0.467. The van der Waals surface area contributed by atoms with E-state index in [0.29, 0.717) is 18.8 Å². The summed E-state index contributed by atoms with van der Waals surface area (Å²) in [7, 11) is 3.21. The molecule has 24 heavy (non-hydrogen) atoms. The Morgan fingerprint density at radius 1 is 1.33 bits per heavy atom. The maximum absolute atomic E-state index is 12.2. The van der Waals surface area contributed by atoms with Crippen LogP contribution in [0.4, 0.5) is 11.4 Å². The Morgan fingerprint density at radius 3 is 2.50 bits per heavy atom. The number of nitrogens with one attached hydrogen (secondary N) is 2. The SMILES string of the molecule is COCCNC(=O)CN(C)C(C)C(=O)Nc1ccc([N+](=O)[O-])cc1. The molecule has 0 heterocycles. The first-order chi connectivity index (χ1) is 11.3. The predicted molar refractivity (Wildman–Crippen MR) is 88.7 cm³/mol.